The summed E-state index contributed by atoms with van der Waals surface area (Å²) in [5.41, 5.74) is 4.50. The van der Waals surface area contributed by atoms with Gasteiger partial charge in [0.25, 0.3) is 0 Å². The van der Waals surface area contributed by atoms with Crippen LogP contribution in [-0.4, -0.2) is 11.2 Å². The lowest BCUT2D eigenvalue weighted by molar-refractivity contribution is 0.0463. The second-order valence-electron chi connectivity index (χ2n) is 2.71. The summed E-state index contributed by atoms with van der Waals surface area (Å²) >= 11 is 0. The van der Waals surface area contributed by atoms with Gasteiger partial charge in [-0.3, -0.25) is 0 Å². The van der Waals surface area contributed by atoms with Crippen molar-refractivity contribution in [3.05, 3.63) is 23.5 Å². The van der Waals surface area contributed by atoms with Crippen LogP contribution in [0.3, 0.4) is 0 Å². The molecule has 0 aliphatic carbocycles. The van der Waals surface area contributed by atoms with Crippen LogP contribution in [0.2, 0.25) is 0 Å². The van der Waals surface area contributed by atoms with E-state index in [1.165, 1.54) is 0 Å². The van der Waals surface area contributed by atoms with Crippen molar-refractivity contribution in [3.63, 3.8) is 0 Å². The lowest BCUT2D eigenvalue weighted by atomic mass is 10.3. The molecule has 4 heteroatoms. The lowest BCUT2D eigenvalue weighted by Gasteiger charge is -1.99. The standard InChI is InChI=1S/C9H13N3O/c1-3-13-11-6-8-4-9(5-10)12(2)7-8/h4,7,11H,3,6H2,1-2H3. The predicted octanol–water partition coefficient (Wildman–Crippen LogP) is 0.938. The highest BCUT2D eigenvalue weighted by molar-refractivity contribution is 5.28. The molecule has 1 aromatic rings. The Kier molecular flexibility index (Phi) is 3.50. The minimum absolute atomic E-state index is 0.628. The molecule has 1 heterocycles. The number of hydroxylamine groups is 1. The number of rotatable bonds is 4. The van der Waals surface area contributed by atoms with Crippen molar-refractivity contribution in [3.8, 4) is 6.07 Å². The van der Waals surface area contributed by atoms with Crippen LogP contribution in [0.1, 0.15) is 18.2 Å². The van der Waals surface area contributed by atoms with Crippen molar-refractivity contribution < 1.29 is 4.84 Å². The van der Waals surface area contributed by atoms with Crippen LogP contribution in [0, 0.1) is 11.3 Å². The third-order valence-electron chi connectivity index (χ3n) is 1.70. The van der Waals surface area contributed by atoms with E-state index in [1.54, 1.807) is 4.57 Å². The average molecular weight is 179 g/mol. The molecule has 1 rings (SSSR count). The molecule has 0 radical (unpaired) electrons. The Morgan fingerprint density at radius 2 is 2.46 bits per heavy atom. The van der Waals surface area contributed by atoms with Gasteiger partial charge in [0.1, 0.15) is 11.8 Å². The molecule has 70 valence electrons. The van der Waals surface area contributed by atoms with Gasteiger partial charge in [-0.25, -0.2) is 0 Å². The summed E-state index contributed by atoms with van der Waals surface area (Å²) in [5, 5.41) is 8.68. The zero-order valence-electron chi connectivity index (χ0n) is 7.87. The molecule has 0 spiro atoms. The molecule has 0 aliphatic heterocycles. The van der Waals surface area contributed by atoms with Crippen molar-refractivity contribution in [2.24, 2.45) is 7.05 Å². The van der Waals surface area contributed by atoms with E-state index in [9.17, 15) is 0 Å². The highest BCUT2D eigenvalue weighted by Crippen LogP contribution is 2.05. The smallest absolute Gasteiger partial charge is 0.120 e. The first-order valence-corrected chi connectivity index (χ1v) is 4.18. The highest BCUT2D eigenvalue weighted by Gasteiger charge is 2.00. The molecule has 0 amide bonds. The van der Waals surface area contributed by atoms with Gasteiger partial charge in [-0.1, -0.05) is 0 Å². The van der Waals surface area contributed by atoms with Gasteiger partial charge in [0.05, 0.1) is 6.61 Å². The van der Waals surface area contributed by atoms with Gasteiger partial charge in [-0.15, -0.1) is 0 Å². The predicted molar refractivity (Wildman–Crippen MR) is 48.6 cm³/mol. The first-order chi connectivity index (χ1) is 6.27. The molecule has 0 aliphatic rings. The van der Waals surface area contributed by atoms with E-state index < -0.39 is 0 Å². The lowest BCUT2D eigenvalue weighted by Crippen LogP contribution is -2.12. The summed E-state index contributed by atoms with van der Waals surface area (Å²) in [6.07, 6.45) is 1.91. The van der Waals surface area contributed by atoms with Crippen LogP contribution in [0.4, 0.5) is 0 Å². The van der Waals surface area contributed by atoms with Crippen LogP contribution >= 0.6 is 0 Å². The monoisotopic (exact) mass is 179 g/mol. The van der Waals surface area contributed by atoms with E-state index in [0.717, 1.165) is 5.56 Å². The maximum Gasteiger partial charge on any atom is 0.120 e. The Balaban J connectivity index is 2.54. The summed E-state index contributed by atoms with van der Waals surface area (Å²) in [7, 11) is 1.85. The minimum atomic E-state index is 0.628. The molecule has 0 saturated heterocycles. The molecule has 0 saturated carbocycles. The molecule has 0 fully saturated rings. The molecular formula is C9H13N3O. The molecule has 0 atom stereocenters. The summed E-state index contributed by atoms with van der Waals surface area (Å²) in [4.78, 5) is 4.98. The van der Waals surface area contributed by atoms with Crippen LogP contribution in [0.15, 0.2) is 12.3 Å². The number of hydrogen-bond donors (Lipinski definition) is 1. The highest BCUT2D eigenvalue weighted by atomic mass is 16.6. The van der Waals surface area contributed by atoms with Gasteiger partial charge in [0.2, 0.25) is 0 Å². The number of nitrogens with one attached hydrogen (secondary N) is 1. The fourth-order valence-electron chi connectivity index (χ4n) is 1.08. The summed E-state index contributed by atoms with van der Waals surface area (Å²) in [6, 6.07) is 3.94. The maximum absolute atomic E-state index is 8.68. The van der Waals surface area contributed by atoms with Gasteiger partial charge in [0.15, 0.2) is 0 Å². The molecule has 0 unspecified atom stereocenters. The van der Waals surface area contributed by atoms with Crippen molar-refractivity contribution in [2.45, 2.75) is 13.5 Å². The first kappa shape index (κ1) is 9.78. The molecule has 1 aromatic heterocycles. The number of aryl methyl sites for hydroxylation is 1. The average Bonchev–Trinajstić information content (AvgIpc) is 2.47. The summed E-state index contributed by atoms with van der Waals surface area (Å²) in [6.45, 7) is 3.18. The third-order valence-corrected chi connectivity index (χ3v) is 1.70. The van der Waals surface area contributed by atoms with E-state index in [-0.39, 0.29) is 0 Å². The van der Waals surface area contributed by atoms with Crippen LogP contribution in [0.25, 0.3) is 0 Å². The van der Waals surface area contributed by atoms with Crippen LogP contribution < -0.4 is 5.48 Å². The Morgan fingerprint density at radius 1 is 1.69 bits per heavy atom. The summed E-state index contributed by atoms with van der Waals surface area (Å²) < 4.78 is 1.79. The van der Waals surface area contributed by atoms with E-state index >= 15 is 0 Å². The Morgan fingerprint density at radius 3 is 3.00 bits per heavy atom. The van der Waals surface area contributed by atoms with Crippen molar-refractivity contribution in [1.82, 2.24) is 10.0 Å². The fraction of sp³-hybridized carbons (Fsp3) is 0.444. The van der Waals surface area contributed by atoms with Gasteiger partial charge < -0.3 is 9.40 Å². The van der Waals surface area contributed by atoms with Crippen LogP contribution in [-0.2, 0) is 18.4 Å². The Labute approximate surface area is 77.7 Å². The normalized spacial score (nSPS) is 9.92. The maximum atomic E-state index is 8.68. The van der Waals surface area contributed by atoms with Gasteiger partial charge in [-0.05, 0) is 18.6 Å². The largest absolute Gasteiger partial charge is 0.342 e. The molecule has 13 heavy (non-hydrogen) atoms. The quantitative estimate of drug-likeness (QED) is 0.552. The minimum Gasteiger partial charge on any atom is -0.342 e. The molecule has 4 nitrogen and oxygen atoms in total. The number of nitrogens with zero attached hydrogens (tertiary/aromatic N) is 2. The third kappa shape index (κ3) is 2.58. The zero-order chi connectivity index (χ0) is 9.68. The van der Waals surface area contributed by atoms with Gasteiger partial charge >= 0.3 is 0 Å². The SMILES string of the molecule is CCONCc1cc(C#N)n(C)c1. The summed E-state index contributed by atoms with van der Waals surface area (Å²) in [5.74, 6) is 0. The van der Waals surface area contributed by atoms with Gasteiger partial charge in [0, 0.05) is 19.8 Å². The van der Waals surface area contributed by atoms with E-state index in [2.05, 4.69) is 11.5 Å². The van der Waals surface area contributed by atoms with E-state index in [1.807, 2.05) is 26.2 Å². The molecule has 1 N–H and O–H groups in total. The van der Waals surface area contributed by atoms with E-state index in [0.29, 0.717) is 18.8 Å². The number of nitriles is 1. The van der Waals surface area contributed by atoms with Crippen molar-refractivity contribution >= 4 is 0 Å². The fourth-order valence-corrected chi connectivity index (χ4v) is 1.08. The number of hydrogen-bond acceptors (Lipinski definition) is 3. The van der Waals surface area contributed by atoms with Crippen LogP contribution in [0.5, 0.6) is 0 Å². The van der Waals surface area contributed by atoms with Gasteiger partial charge in [-0.2, -0.15) is 10.7 Å². The second-order valence-corrected chi connectivity index (χ2v) is 2.71. The zero-order valence-corrected chi connectivity index (χ0v) is 7.87. The van der Waals surface area contributed by atoms with E-state index in [4.69, 9.17) is 10.1 Å². The Bertz CT molecular complexity index is 311. The first-order valence-electron chi connectivity index (χ1n) is 4.18. The second kappa shape index (κ2) is 4.65. The topological polar surface area (TPSA) is 50.0 Å². The molecule has 0 bridgehead atoms. The Hall–Kier alpha value is -1.31. The van der Waals surface area contributed by atoms with Crippen molar-refractivity contribution in [2.75, 3.05) is 6.61 Å². The molecular weight excluding hydrogens is 166 g/mol. The number of aromatic nitrogens is 1. The van der Waals surface area contributed by atoms with Crippen molar-refractivity contribution in [1.29, 1.82) is 5.26 Å². The molecule has 0 aromatic carbocycles.